The molecule has 0 spiro atoms. The molecule has 2 saturated carbocycles. The van der Waals surface area contributed by atoms with Gasteiger partial charge in [0.2, 0.25) is 0 Å². The fourth-order valence-electron chi connectivity index (χ4n) is 2.97. The van der Waals surface area contributed by atoms with E-state index in [1.54, 1.807) is 24.0 Å². The maximum atomic E-state index is 11.6. The molecular weight excluding hydrogens is 242 g/mol. The minimum absolute atomic E-state index is 0.254. The Morgan fingerprint density at radius 1 is 1.31 bits per heavy atom. The van der Waals surface area contributed by atoms with Gasteiger partial charge in [-0.15, -0.1) is 11.6 Å². The second kappa shape index (κ2) is 4.11. The Bertz CT molecular complexity index is 398. The summed E-state index contributed by atoms with van der Waals surface area (Å²) in [5.41, 5.74) is 0. The van der Waals surface area contributed by atoms with Gasteiger partial charge in [-0.25, -0.2) is 0 Å². The Hall–Kier alpha value is -0.410. The number of nitrogens with zero attached hydrogens (tertiary/aromatic N) is 1. The van der Waals surface area contributed by atoms with Crippen molar-refractivity contribution in [2.75, 3.05) is 0 Å². The van der Waals surface area contributed by atoms with Crippen molar-refractivity contribution in [2.24, 2.45) is 11.8 Å². The van der Waals surface area contributed by atoms with Crippen molar-refractivity contribution in [1.82, 2.24) is 0 Å². The fraction of sp³-hybridized carbons (Fsp3) is 0.583. The van der Waals surface area contributed by atoms with Crippen molar-refractivity contribution in [1.29, 1.82) is 0 Å². The molecule has 16 heavy (non-hydrogen) atoms. The van der Waals surface area contributed by atoms with E-state index in [0.29, 0.717) is 11.2 Å². The highest BCUT2D eigenvalue weighted by molar-refractivity contribution is 7.99. The van der Waals surface area contributed by atoms with Gasteiger partial charge in [-0.1, -0.05) is 11.8 Å². The predicted molar refractivity (Wildman–Crippen MR) is 65.5 cm³/mol. The smallest absolute Gasteiger partial charge is 0.251 e. The number of thioether (sulfide) groups is 1. The summed E-state index contributed by atoms with van der Waals surface area (Å²) in [5, 5.41) is 13.0. The third-order valence-electron chi connectivity index (χ3n) is 3.79. The zero-order chi connectivity index (χ0) is 11.1. The summed E-state index contributed by atoms with van der Waals surface area (Å²) in [6.45, 7) is 0. The van der Waals surface area contributed by atoms with Crippen LogP contribution in [0.15, 0.2) is 29.4 Å². The Kier molecular flexibility index (Phi) is 2.76. The lowest BCUT2D eigenvalue weighted by Crippen LogP contribution is -2.32. The number of pyridine rings is 1. The zero-order valence-corrected chi connectivity index (χ0v) is 10.5. The lowest BCUT2D eigenvalue weighted by molar-refractivity contribution is -0.645. The normalized spacial score (nSPS) is 36.8. The van der Waals surface area contributed by atoms with Crippen molar-refractivity contribution >= 4 is 23.4 Å². The van der Waals surface area contributed by atoms with Gasteiger partial charge in [0.1, 0.15) is 0 Å². The molecule has 2 bridgehead atoms. The van der Waals surface area contributed by atoms with E-state index in [1.165, 1.54) is 19.3 Å². The molecule has 1 aromatic heterocycles. The number of fused-ring (bicyclic) bond motifs is 2. The molecule has 2 nitrogen and oxygen atoms in total. The molecule has 0 radical (unpaired) electrons. The highest BCUT2D eigenvalue weighted by Crippen LogP contribution is 2.52. The van der Waals surface area contributed by atoms with Gasteiger partial charge in [-0.3, -0.25) is 0 Å². The SMILES string of the molecule is [O-][n+]1ccccc1S[C@@H]1[C@@H]2CC[C@@H](C2)[C@@H]1Cl. The molecule has 0 saturated heterocycles. The van der Waals surface area contributed by atoms with Crippen LogP contribution in [0.1, 0.15) is 19.3 Å². The van der Waals surface area contributed by atoms with Crippen molar-refractivity contribution < 1.29 is 4.73 Å². The van der Waals surface area contributed by atoms with E-state index in [-0.39, 0.29) is 5.38 Å². The molecule has 3 rings (SSSR count). The van der Waals surface area contributed by atoms with Crippen LogP contribution in [0.2, 0.25) is 0 Å². The molecule has 86 valence electrons. The predicted octanol–water partition coefficient (Wildman–Crippen LogP) is 2.82. The van der Waals surface area contributed by atoms with Crippen LogP contribution in [-0.2, 0) is 0 Å². The van der Waals surface area contributed by atoms with Crippen molar-refractivity contribution in [3.05, 3.63) is 29.6 Å². The number of rotatable bonds is 2. The van der Waals surface area contributed by atoms with Gasteiger partial charge in [0.25, 0.3) is 5.03 Å². The highest BCUT2D eigenvalue weighted by Gasteiger charge is 2.47. The van der Waals surface area contributed by atoms with Crippen LogP contribution in [0.5, 0.6) is 0 Å². The molecule has 4 heteroatoms. The third kappa shape index (κ3) is 1.70. The van der Waals surface area contributed by atoms with E-state index in [9.17, 15) is 5.21 Å². The summed E-state index contributed by atoms with van der Waals surface area (Å²) in [6, 6.07) is 5.55. The monoisotopic (exact) mass is 255 g/mol. The molecule has 0 unspecified atom stereocenters. The van der Waals surface area contributed by atoms with Crippen molar-refractivity contribution in [2.45, 2.75) is 34.9 Å². The van der Waals surface area contributed by atoms with Gasteiger partial charge in [0.05, 0.1) is 0 Å². The first-order valence-corrected chi connectivity index (χ1v) is 7.06. The van der Waals surface area contributed by atoms with Crippen LogP contribution in [0.25, 0.3) is 0 Å². The van der Waals surface area contributed by atoms with Gasteiger partial charge in [0.15, 0.2) is 6.20 Å². The average Bonchev–Trinajstić information content (AvgIpc) is 2.85. The first-order chi connectivity index (χ1) is 7.75. The second-order valence-electron chi connectivity index (χ2n) is 4.72. The number of hydrogen-bond donors (Lipinski definition) is 0. The molecule has 0 N–H and O–H groups in total. The average molecular weight is 256 g/mol. The molecule has 1 heterocycles. The number of alkyl halides is 1. The summed E-state index contributed by atoms with van der Waals surface area (Å²) in [7, 11) is 0. The Balaban J connectivity index is 1.78. The Labute approximate surface area is 105 Å². The van der Waals surface area contributed by atoms with Gasteiger partial charge in [0, 0.05) is 22.8 Å². The van der Waals surface area contributed by atoms with Crippen LogP contribution >= 0.6 is 23.4 Å². The molecule has 1 aromatic rings. The van der Waals surface area contributed by atoms with E-state index < -0.39 is 0 Å². The largest absolute Gasteiger partial charge is 0.618 e. The van der Waals surface area contributed by atoms with Gasteiger partial charge in [-0.2, -0.15) is 4.73 Å². The summed E-state index contributed by atoms with van der Waals surface area (Å²) >= 11 is 8.11. The molecule has 2 aliphatic rings. The first kappa shape index (κ1) is 10.7. The standard InChI is InChI=1S/C12H14ClNOS/c13-11-8-4-5-9(7-8)12(11)16-10-3-1-2-6-14(10)15/h1-3,6,8-9,11-12H,4-5,7H2/t8-,9+,11-,12+/m0/s1. The van der Waals surface area contributed by atoms with E-state index in [0.717, 1.165) is 15.7 Å². The van der Waals surface area contributed by atoms with Crippen molar-refractivity contribution in [3.8, 4) is 0 Å². The van der Waals surface area contributed by atoms with Crippen LogP contribution < -0.4 is 4.73 Å². The quantitative estimate of drug-likeness (QED) is 0.462. The van der Waals surface area contributed by atoms with Gasteiger partial charge < -0.3 is 5.21 Å². The fourth-order valence-corrected chi connectivity index (χ4v) is 4.95. The topological polar surface area (TPSA) is 26.9 Å². The summed E-state index contributed by atoms with van der Waals surface area (Å²) < 4.78 is 0.945. The summed E-state index contributed by atoms with van der Waals surface area (Å²) in [6.07, 6.45) is 5.38. The first-order valence-electron chi connectivity index (χ1n) is 5.74. The van der Waals surface area contributed by atoms with E-state index in [4.69, 9.17) is 11.6 Å². The molecule has 0 aliphatic heterocycles. The summed E-state index contributed by atoms with van der Waals surface area (Å²) in [5.74, 6) is 1.41. The minimum Gasteiger partial charge on any atom is -0.618 e. The molecule has 0 amide bonds. The number of hydrogen-bond acceptors (Lipinski definition) is 2. The molecule has 2 aliphatic carbocycles. The van der Waals surface area contributed by atoms with Crippen molar-refractivity contribution in [3.63, 3.8) is 0 Å². The van der Waals surface area contributed by atoms with E-state index in [1.807, 2.05) is 12.1 Å². The zero-order valence-electron chi connectivity index (χ0n) is 8.88. The Morgan fingerprint density at radius 3 is 2.81 bits per heavy atom. The van der Waals surface area contributed by atoms with E-state index in [2.05, 4.69) is 0 Å². The van der Waals surface area contributed by atoms with Crippen LogP contribution in [0.4, 0.5) is 0 Å². The van der Waals surface area contributed by atoms with E-state index >= 15 is 0 Å². The highest BCUT2D eigenvalue weighted by atomic mass is 35.5. The number of aromatic nitrogens is 1. The maximum Gasteiger partial charge on any atom is 0.251 e. The summed E-state index contributed by atoms with van der Waals surface area (Å²) in [4.78, 5) is 0. The Morgan fingerprint density at radius 2 is 2.12 bits per heavy atom. The molecular formula is C12H14ClNOS. The molecule has 2 fully saturated rings. The molecule has 4 atom stereocenters. The lowest BCUT2D eigenvalue weighted by atomic mass is 10.00. The second-order valence-corrected chi connectivity index (χ2v) is 6.43. The van der Waals surface area contributed by atoms with Crippen LogP contribution in [-0.4, -0.2) is 10.6 Å². The van der Waals surface area contributed by atoms with Crippen LogP contribution in [0, 0.1) is 17.0 Å². The number of halogens is 1. The maximum absolute atomic E-state index is 11.6. The molecule has 0 aromatic carbocycles. The van der Waals surface area contributed by atoms with Crippen LogP contribution in [0.3, 0.4) is 0 Å². The van der Waals surface area contributed by atoms with Gasteiger partial charge >= 0.3 is 0 Å². The lowest BCUT2D eigenvalue weighted by Gasteiger charge is -2.24. The van der Waals surface area contributed by atoms with Gasteiger partial charge in [-0.05, 0) is 37.2 Å². The third-order valence-corrected chi connectivity index (χ3v) is 6.07. The minimum atomic E-state index is 0.254.